The monoisotopic (exact) mass is 350 g/mol. The highest BCUT2D eigenvalue weighted by Crippen LogP contribution is 2.29. The third-order valence-corrected chi connectivity index (χ3v) is 3.80. The Morgan fingerprint density at radius 1 is 1.19 bits per heavy atom. The van der Waals surface area contributed by atoms with E-state index in [2.05, 4.69) is 26.6 Å². The maximum Gasteiger partial charge on any atom is 0.319 e. The molecule has 6 heteroatoms. The number of anilines is 1. The maximum atomic E-state index is 11.8. The van der Waals surface area contributed by atoms with Gasteiger partial charge in [0, 0.05) is 16.4 Å². The van der Waals surface area contributed by atoms with Crippen LogP contribution in [0.15, 0.2) is 40.9 Å². The minimum atomic E-state index is -0.940. The molecule has 2 rings (SSSR count). The van der Waals surface area contributed by atoms with Crippen LogP contribution in [0.4, 0.5) is 10.5 Å². The topological polar surface area (TPSA) is 78.4 Å². The Balaban J connectivity index is 2.11. The van der Waals surface area contributed by atoms with E-state index in [9.17, 15) is 9.59 Å². The Morgan fingerprint density at radius 3 is 2.52 bits per heavy atom. The molecule has 0 spiro atoms. The smallest absolute Gasteiger partial charge is 0.319 e. The molecule has 0 fully saturated rings. The maximum absolute atomic E-state index is 11.8. The first-order valence-electron chi connectivity index (χ1n) is 6.44. The molecular formula is C15H15BrN2O3. The van der Waals surface area contributed by atoms with Crippen molar-refractivity contribution in [1.82, 2.24) is 5.32 Å². The van der Waals surface area contributed by atoms with Gasteiger partial charge >= 0.3 is 12.0 Å². The molecule has 1 atom stereocenters. The van der Waals surface area contributed by atoms with Crippen LogP contribution in [0.2, 0.25) is 0 Å². The summed E-state index contributed by atoms with van der Waals surface area (Å²) in [6.45, 7) is 1.62. The average molecular weight is 351 g/mol. The number of fused-ring (bicyclic) bond motifs is 1. The molecule has 0 aliphatic heterocycles. The lowest BCUT2D eigenvalue weighted by Gasteiger charge is -2.12. The van der Waals surface area contributed by atoms with Crippen LogP contribution in [0.3, 0.4) is 0 Å². The van der Waals surface area contributed by atoms with Gasteiger partial charge in [0.05, 0.1) is 11.6 Å². The van der Waals surface area contributed by atoms with Gasteiger partial charge in [-0.15, -0.1) is 0 Å². The summed E-state index contributed by atoms with van der Waals surface area (Å²) in [5.41, 5.74) is 0.675. The summed E-state index contributed by atoms with van der Waals surface area (Å²) < 4.78 is 0.948. The van der Waals surface area contributed by atoms with Crippen LogP contribution in [0.25, 0.3) is 10.8 Å². The van der Waals surface area contributed by atoms with Gasteiger partial charge in [-0.2, -0.15) is 0 Å². The second-order valence-corrected chi connectivity index (χ2v) is 5.57. The second-order valence-electron chi connectivity index (χ2n) is 4.71. The van der Waals surface area contributed by atoms with E-state index in [1.54, 1.807) is 6.07 Å². The lowest BCUT2D eigenvalue weighted by Crippen LogP contribution is -2.34. The molecule has 5 nitrogen and oxygen atoms in total. The summed E-state index contributed by atoms with van der Waals surface area (Å²) in [7, 11) is 0. The summed E-state index contributed by atoms with van der Waals surface area (Å²) in [5, 5.41) is 16.0. The third-order valence-electron chi connectivity index (χ3n) is 3.11. The number of carboxylic acid groups (broad SMARTS) is 1. The van der Waals surface area contributed by atoms with Crippen molar-refractivity contribution in [2.75, 3.05) is 11.9 Å². The quantitative estimate of drug-likeness (QED) is 0.790. The number of amides is 2. The molecule has 0 aliphatic carbocycles. The highest BCUT2D eigenvalue weighted by molar-refractivity contribution is 9.10. The van der Waals surface area contributed by atoms with Crippen LogP contribution in [0.5, 0.6) is 0 Å². The first-order chi connectivity index (χ1) is 9.99. The summed E-state index contributed by atoms with van der Waals surface area (Å²) in [5.74, 6) is -1.57. The zero-order chi connectivity index (χ0) is 15.4. The van der Waals surface area contributed by atoms with Crippen molar-refractivity contribution in [1.29, 1.82) is 0 Å². The number of carboxylic acids is 1. The van der Waals surface area contributed by atoms with E-state index in [1.165, 1.54) is 6.92 Å². The summed E-state index contributed by atoms with van der Waals surface area (Å²) >= 11 is 3.47. The van der Waals surface area contributed by atoms with Crippen LogP contribution < -0.4 is 10.6 Å². The van der Waals surface area contributed by atoms with Crippen LogP contribution in [0, 0.1) is 5.92 Å². The molecule has 2 amide bonds. The zero-order valence-electron chi connectivity index (χ0n) is 11.4. The van der Waals surface area contributed by atoms with Gasteiger partial charge in [-0.3, -0.25) is 4.79 Å². The molecule has 0 aromatic heterocycles. The molecule has 0 heterocycles. The zero-order valence-corrected chi connectivity index (χ0v) is 13.0. The van der Waals surface area contributed by atoms with Crippen molar-refractivity contribution in [2.24, 2.45) is 5.92 Å². The van der Waals surface area contributed by atoms with Crippen molar-refractivity contribution in [3.63, 3.8) is 0 Å². The SMILES string of the molecule is CC(CNC(=O)Nc1ccc(Br)c2ccccc12)C(=O)O. The minimum absolute atomic E-state index is 0.0790. The number of hydrogen-bond acceptors (Lipinski definition) is 2. The molecular weight excluding hydrogens is 336 g/mol. The number of carbonyl (C=O) groups is 2. The number of halogens is 1. The molecule has 2 aromatic rings. The van der Waals surface area contributed by atoms with E-state index in [0.717, 1.165) is 15.2 Å². The highest BCUT2D eigenvalue weighted by atomic mass is 79.9. The van der Waals surface area contributed by atoms with Gasteiger partial charge in [-0.05, 0) is 17.5 Å². The Morgan fingerprint density at radius 2 is 1.86 bits per heavy atom. The van der Waals surface area contributed by atoms with E-state index in [1.807, 2.05) is 30.3 Å². The molecule has 110 valence electrons. The summed E-state index contributed by atoms with van der Waals surface area (Å²) in [4.78, 5) is 22.5. The fraction of sp³-hybridized carbons (Fsp3) is 0.200. The van der Waals surface area contributed by atoms with Crippen molar-refractivity contribution in [3.8, 4) is 0 Å². The lowest BCUT2D eigenvalue weighted by atomic mass is 10.1. The average Bonchev–Trinajstić information content (AvgIpc) is 2.48. The van der Waals surface area contributed by atoms with E-state index in [4.69, 9.17) is 5.11 Å². The molecule has 0 radical (unpaired) electrons. The molecule has 0 saturated heterocycles. The van der Waals surface area contributed by atoms with E-state index in [-0.39, 0.29) is 6.54 Å². The standard InChI is InChI=1S/C15H15BrN2O3/c1-9(14(19)20)8-17-15(21)18-13-7-6-12(16)10-4-2-3-5-11(10)13/h2-7,9H,8H2,1H3,(H,19,20)(H2,17,18,21). The summed E-state index contributed by atoms with van der Waals surface area (Å²) in [6.07, 6.45) is 0. The van der Waals surface area contributed by atoms with Crippen molar-refractivity contribution in [2.45, 2.75) is 6.92 Å². The van der Waals surface area contributed by atoms with Crippen LogP contribution >= 0.6 is 15.9 Å². The predicted molar refractivity (Wildman–Crippen MR) is 85.5 cm³/mol. The Labute approximate surface area is 130 Å². The number of nitrogens with one attached hydrogen (secondary N) is 2. The van der Waals surface area contributed by atoms with Gasteiger partial charge in [0.25, 0.3) is 0 Å². The molecule has 2 aromatic carbocycles. The first-order valence-corrected chi connectivity index (χ1v) is 7.23. The van der Waals surface area contributed by atoms with Crippen LogP contribution in [-0.4, -0.2) is 23.7 Å². The fourth-order valence-electron chi connectivity index (χ4n) is 1.87. The van der Waals surface area contributed by atoms with Gasteiger partial charge in [0.2, 0.25) is 0 Å². The van der Waals surface area contributed by atoms with Crippen LogP contribution in [-0.2, 0) is 4.79 Å². The first kappa shape index (κ1) is 15.3. The number of aliphatic carboxylic acids is 1. The third kappa shape index (κ3) is 3.72. The normalized spacial score (nSPS) is 11.9. The lowest BCUT2D eigenvalue weighted by molar-refractivity contribution is -0.140. The van der Waals surface area contributed by atoms with Gasteiger partial charge in [-0.1, -0.05) is 47.1 Å². The minimum Gasteiger partial charge on any atom is -0.481 e. The molecule has 0 saturated carbocycles. The molecule has 0 bridgehead atoms. The number of hydrogen-bond donors (Lipinski definition) is 3. The van der Waals surface area contributed by atoms with Crippen molar-refractivity contribution >= 4 is 44.4 Å². The fourth-order valence-corrected chi connectivity index (χ4v) is 2.35. The van der Waals surface area contributed by atoms with Crippen molar-refractivity contribution in [3.05, 3.63) is 40.9 Å². The Hall–Kier alpha value is -2.08. The summed E-state index contributed by atoms with van der Waals surface area (Å²) in [6, 6.07) is 10.9. The number of carbonyl (C=O) groups excluding carboxylic acids is 1. The van der Waals surface area contributed by atoms with Crippen LogP contribution in [0.1, 0.15) is 6.92 Å². The second kappa shape index (κ2) is 6.58. The number of urea groups is 1. The van der Waals surface area contributed by atoms with Gasteiger partial charge < -0.3 is 15.7 Å². The Bertz CT molecular complexity index is 688. The van der Waals surface area contributed by atoms with Crippen molar-refractivity contribution < 1.29 is 14.7 Å². The number of benzene rings is 2. The molecule has 1 unspecified atom stereocenters. The van der Waals surface area contributed by atoms with E-state index >= 15 is 0 Å². The van der Waals surface area contributed by atoms with E-state index < -0.39 is 17.9 Å². The van der Waals surface area contributed by atoms with Gasteiger partial charge in [-0.25, -0.2) is 4.79 Å². The largest absolute Gasteiger partial charge is 0.481 e. The molecule has 0 aliphatic rings. The van der Waals surface area contributed by atoms with Gasteiger partial charge in [0.15, 0.2) is 0 Å². The number of rotatable bonds is 4. The molecule has 21 heavy (non-hydrogen) atoms. The predicted octanol–water partition coefficient (Wildman–Crippen LogP) is 3.44. The van der Waals surface area contributed by atoms with E-state index in [0.29, 0.717) is 5.69 Å². The van der Waals surface area contributed by atoms with Gasteiger partial charge in [0.1, 0.15) is 0 Å². The molecule has 3 N–H and O–H groups in total. The Kier molecular flexibility index (Phi) is 4.80. The highest BCUT2D eigenvalue weighted by Gasteiger charge is 2.13.